The van der Waals surface area contributed by atoms with Crippen molar-refractivity contribution in [2.24, 2.45) is 0 Å². The van der Waals surface area contributed by atoms with Crippen molar-refractivity contribution >= 4 is 11.8 Å². The van der Waals surface area contributed by atoms with Crippen LogP contribution in [0.1, 0.15) is 64.7 Å². The first-order chi connectivity index (χ1) is 15.1. The number of likely N-dealkylation sites (N-methyl/N-ethyl adjacent to an activating group) is 1. The quantitative estimate of drug-likeness (QED) is 0.128. The van der Waals surface area contributed by atoms with Gasteiger partial charge >= 0.3 is 5.97 Å². The van der Waals surface area contributed by atoms with Gasteiger partial charge in [-0.15, -0.1) is 0 Å². The SMILES string of the molecule is CCCCCCCCCC=CC=CC=CC=CC=CC(=O)[C@@](O)(CC(=O)O)C[N+](C)(C)C. The molecule has 0 aliphatic heterocycles. The van der Waals surface area contributed by atoms with E-state index in [1.807, 2.05) is 24.3 Å². The van der Waals surface area contributed by atoms with E-state index >= 15 is 0 Å². The second-order valence-corrected chi connectivity index (χ2v) is 9.27. The molecular weight excluding hydrogens is 402 g/mol. The second-order valence-electron chi connectivity index (χ2n) is 9.27. The molecule has 0 saturated carbocycles. The zero-order chi connectivity index (χ0) is 24.3. The number of aliphatic hydroxyl groups is 1. The molecule has 0 aliphatic rings. The molecule has 0 saturated heterocycles. The molecule has 0 radical (unpaired) electrons. The minimum atomic E-state index is -1.92. The third-order valence-corrected chi connectivity index (χ3v) is 4.77. The Kier molecular flexibility index (Phi) is 16.1. The van der Waals surface area contributed by atoms with E-state index in [9.17, 15) is 14.7 Å². The highest BCUT2D eigenvalue weighted by Gasteiger charge is 2.41. The lowest BCUT2D eigenvalue weighted by Gasteiger charge is -2.33. The van der Waals surface area contributed by atoms with Crippen LogP contribution in [0, 0.1) is 0 Å². The number of quaternary nitrogens is 1. The monoisotopic (exact) mass is 446 g/mol. The maximum absolute atomic E-state index is 12.4. The number of nitrogens with zero attached hydrogens (tertiary/aromatic N) is 1. The highest BCUT2D eigenvalue weighted by Crippen LogP contribution is 2.17. The molecule has 0 aromatic heterocycles. The van der Waals surface area contributed by atoms with Crippen molar-refractivity contribution < 1.29 is 24.3 Å². The number of carboxylic acids is 1. The fourth-order valence-electron chi connectivity index (χ4n) is 3.33. The lowest BCUT2D eigenvalue weighted by Crippen LogP contribution is -2.54. The van der Waals surface area contributed by atoms with E-state index in [4.69, 9.17) is 5.11 Å². The highest BCUT2D eigenvalue weighted by atomic mass is 16.4. The van der Waals surface area contributed by atoms with Gasteiger partial charge in [0.15, 0.2) is 11.4 Å². The molecule has 180 valence electrons. The molecule has 0 fully saturated rings. The number of ketones is 1. The number of rotatable bonds is 18. The lowest BCUT2D eigenvalue weighted by atomic mass is 9.92. The molecule has 0 amide bonds. The Labute approximate surface area is 195 Å². The van der Waals surface area contributed by atoms with Gasteiger partial charge in [0, 0.05) is 0 Å². The summed E-state index contributed by atoms with van der Waals surface area (Å²) in [6, 6.07) is 0. The number of carbonyl (C=O) groups is 2. The van der Waals surface area contributed by atoms with Crippen LogP contribution in [0.3, 0.4) is 0 Å². The van der Waals surface area contributed by atoms with Crippen molar-refractivity contribution in [3.63, 3.8) is 0 Å². The molecule has 0 unspecified atom stereocenters. The van der Waals surface area contributed by atoms with Crippen molar-refractivity contribution in [3.05, 3.63) is 60.8 Å². The van der Waals surface area contributed by atoms with Gasteiger partial charge in [-0.2, -0.15) is 0 Å². The van der Waals surface area contributed by atoms with Gasteiger partial charge in [-0.1, -0.05) is 100 Å². The zero-order valence-electron chi connectivity index (χ0n) is 20.5. The molecule has 0 aliphatic carbocycles. The van der Waals surface area contributed by atoms with E-state index in [0.717, 1.165) is 6.42 Å². The van der Waals surface area contributed by atoms with Crippen molar-refractivity contribution in [1.82, 2.24) is 0 Å². The summed E-state index contributed by atoms with van der Waals surface area (Å²) in [5.74, 6) is -1.81. The normalized spacial score (nSPS) is 15.0. The molecule has 0 rings (SSSR count). The largest absolute Gasteiger partial charge is 0.481 e. The minimum absolute atomic E-state index is 0.0172. The van der Waals surface area contributed by atoms with Gasteiger partial charge < -0.3 is 14.7 Å². The Hall–Kier alpha value is -2.24. The molecule has 0 aromatic rings. The van der Waals surface area contributed by atoms with Crippen LogP contribution in [0.4, 0.5) is 0 Å². The van der Waals surface area contributed by atoms with Crippen LogP contribution in [0.25, 0.3) is 0 Å². The van der Waals surface area contributed by atoms with Gasteiger partial charge in [0.2, 0.25) is 0 Å². The van der Waals surface area contributed by atoms with Gasteiger partial charge in [0.05, 0.1) is 27.6 Å². The molecule has 0 heterocycles. The number of carbonyl (C=O) groups excluding carboxylic acids is 1. The number of allylic oxidation sites excluding steroid dienone is 9. The first kappa shape index (κ1) is 29.8. The third kappa shape index (κ3) is 17.4. The van der Waals surface area contributed by atoms with E-state index in [2.05, 4.69) is 19.1 Å². The summed E-state index contributed by atoms with van der Waals surface area (Å²) < 4.78 is 0.280. The Bertz CT molecular complexity index is 680. The zero-order valence-corrected chi connectivity index (χ0v) is 20.5. The molecule has 0 aromatic carbocycles. The fourth-order valence-corrected chi connectivity index (χ4v) is 3.33. The Morgan fingerprint density at radius 2 is 1.28 bits per heavy atom. The van der Waals surface area contributed by atoms with Crippen LogP contribution in [0.15, 0.2) is 60.8 Å². The Balaban J connectivity index is 4.28. The predicted octanol–water partition coefficient (Wildman–Crippen LogP) is 5.39. The molecule has 5 nitrogen and oxygen atoms in total. The fraction of sp³-hybridized carbons (Fsp3) is 0.556. The van der Waals surface area contributed by atoms with Gasteiger partial charge in [-0.05, 0) is 18.9 Å². The molecule has 0 spiro atoms. The topological polar surface area (TPSA) is 74.6 Å². The number of hydrogen-bond donors (Lipinski definition) is 2. The maximum Gasteiger partial charge on any atom is 0.307 e. The first-order valence-electron chi connectivity index (χ1n) is 11.7. The van der Waals surface area contributed by atoms with Gasteiger partial charge in [-0.25, -0.2) is 0 Å². The van der Waals surface area contributed by atoms with Crippen LogP contribution in [-0.2, 0) is 9.59 Å². The van der Waals surface area contributed by atoms with Crippen molar-refractivity contribution in [2.75, 3.05) is 27.7 Å². The van der Waals surface area contributed by atoms with Crippen molar-refractivity contribution in [3.8, 4) is 0 Å². The van der Waals surface area contributed by atoms with Gasteiger partial charge in [0.25, 0.3) is 0 Å². The summed E-state index contributed by atoms with van der Waals surface area (Å²) in [7, 11) is 5.40. The smallest absolute Gasteiger partial charge is 0.307 e. The van der Waals surface area contributed by atoms with E-state index in [0.29, 0.717) is 0 Å². The third-order valence-electron chi connectivity index (χ3n) is 4.77. The maximum atomic E-state index is 12.4. The summed E-state index contributed by atoms with van der Waals surface area (Å²) in [6.07, 6.45) is 27.9. The van der Waals surface area contributed by atoms with Gasteiger partial charge in [-0.3, -0.25) is 9.59 Å². The summed E-state index contributed by atoms with van der Waals surface area (Å²) in [5.41, 5.74) is -1.92. The lowest BCUT2D eigenvalue weighted by molar-refractivity contribution is -0.875. The molecule has 5 heteroatoms. The Morgan fingerprint density at radius 1 is 0.781 bits per heavy atom. The van der Waals surface area contributed by atoms with Crippen LogP contribution in [-0.4, -0.2) is 59.7 Å². The molecule has 32 heavy (non-hydrogen) atoms. The van der Waals surface area contributed by atoms with E-state index in [-0.39, 0.29) is 11.0 Å². The van der Waals surface area contributed by atoms with Crippen molar-refractivity contribution in [1.29, 1.82) is 0 Å². The number of hydrogen-bond acceptors (Lipinski definition) is 3. The van der Waals surface area contributed by atoms with Crippen LogP contribution in [0.5, 0.6) is 0 Å². The summed E-state index contributed by atoms with van der Waals surface area (Å²) in [6.45, 7) is 2.26. The van der Waals surface area contributed by atoms with E-state index in [1.54, 1.807) is 33.3 Å². The predicted molar refractivity (Wildman–Crippen MR) is 133 cm³/mol. The standard InChI is InChI=1S/C27H43NO4/c1-5-6-7-8-9-10-11-12-13-14-15-16-17-18-19-20-21-22-25(29)27(32,23-26(30)31)24-28(2,3)4/h13-22,32H,5-12,23-24H2,1-4H3/p+1/t27-/m1/s1. The average Bonchev–Trinajstić information content (AvgIpc) is 2.68. The van der Waals surface area contributed by atoms with Crippen LogP contribution < -0.4 is 0 Å². The van der Waals surface area contributed by atoms with E-state index < -0.39 is 23.8 Å². The summed E-state index contributed by atoms with van der Waals surface area (Å²) >= 11 is 0. The molecular formula is C27H44NO4+. The van der Waals surface area contributed by atoms with Crippen LogP contribution in [0.2, 0.25) is 0 Å². The molecule has 0 bridgehead atoms. The van der Waals surface area contributed by atoms with Crippen molar-refractivity contribution in [2.45, 2.75) is 70.3 Å². The average molecular weight is 447 g/mol. The molecule has 2 N–H and O–H groups in total. The summed E-state index contributed by atoms with van der Waals surface area (Å²) in [4.78, 5) is 23.4. The number of aliphatic carboxylic acids is 1. The highest BCUT2D eigenvalue weighted by molar-refractivity contribution is 5.99. The minimum Gasteiger partial charge on any atom is -0.481 e. The van der Waals surface area contributed by atoms with Gasteiger partial charge in [0.1, 0.15) is 6.54 Å². The second kappa shape index (κ2) is 17.3. The Morgan fingerprint density at radius 3 is 1.81 bits per heavy atom. The first-order valence-corrected chi connectivity index (χ1v) is 11.7. The number of unbranched alkanes of at least 4 members (excludes halogenated alkanes) is 7. The molecule has 1 atom stereocenters. The number of carboxylic acid groups (broad SMARTS) is 1. The summed E-state index contributed by atoms with van der Waals surface area (Å²) in [5, 5.41) is 19.6. The van der Waals surface area contributed by atoms with E-state index in [1.165, 1.54) is 57.1 Å². The van der Waals surface area contributed by atoms with Crippen LogP contribution >= 0.6 is 0 Å².